The van der Waals surface area contributed by atoms with E-state index in [-0.39, 0.29) is 5.91 Å². The van der Waals surface area contributed by atoms with E-state index < -0.39 is 11.4 Å². The normalized spacial score (nSPS) is 25.0. The van der Waals surface area contributed by atoms with Gasteiger partial charge in [0, 0.05) is 25.5 Å². The van der Waals surface area contributed by atoms with Gasteiger partial charge in [-0.25, -0.2) is 4.98 Å². The molecule has 1 saturated carbocycles. The van der Waals surface area contributed by atoms with Crippen LogP contribution in [-0.4, -0.2) is 47.0 Å². The van der Waals surface area contributed by atoms with Crippen molar-refractivity contribution in [2.24, 2.45) is 11.3 Å². The van der Waals surface area contributed by atoms with Gasteiger partial charge in [-0.2, -0.15) is 0 Å². The molecular formula is C15H21N3O3S. The topological polar surface area (TPSA) is 82.5 Å². The van der Waals surface area contributed by atoms with Gasteiger partial charge >= 0.3 is 5.97 Å². The number of aliphatic carboxylic acids is 1. The van der Waals surface area contributed by atoms with E-state index in [1.54, 1.807) is 17.3 Å². The highest BCUT2D eigenvalue weighted by Gasteiger charge is 2.47. The summed E-state index contributed by atoms with van der Waals surface area (Å²) in [7, 11) is 1.76. The zero-order valence-corrected chi connectivity index (χ0v) is 13.5. The number of nitrogens with one attached hydrogen (secondary N) is 1. The molecule has 6 nitrogen and oxygen atoms in total. The summed E-state index contributed by atoms with van der Waals surface area (Å²) in [4.78, 5) is 30.3. The molecule has 1 aliphatic carbocycles. The Hall–Kier alpha value is -1.63. The molecular weight excluding hydrogens is 302 g/mol. The molecule has 1 amide bonds. The van der Waals surface area contributed by atoms with Crippen molar-refractivity contribution in [2.75, 3.05) is 25.5 Å². The SMILES string of the molecule is CNc1nc(C(=O)N2CCCC(CC3CC3)(C(=O)O)C2)cs1. The Morgan fingerprint density at radius 1 is 1.55 bits per heavy atom. The number of carbonyl (C=O) groups is 2. The molecule has 1 aliphatic heterocycles. The number of carboxylic acids is 1. The average molecular weight is 323 g/mol. The van der Waals surface area contributed by atoms with Crippen molar-refractivity contribution in [3.63, 3.8) is 0 Å². The molecule has 3 rings (SSSR count). The first-order valence-electron chi connectivity index (χ1n) is 7.70. The largest absolute Gasteiger partial charge is 0.481 e. The third-order valence-electron chi connectivity index (χ3n) is 4.63. The Morgan fingerprint density at radius 2 is 2.32 bits per heavy atom. The summed E-state index contributed by atoms with van der Waals surface area (Å²) in [6.45, 7) is 0.926. The van der Waals surface area contributed by atoms with Gasteiger partial charge in [-0.15, -0.1) is 11.3 Å². The molecule has 2 N–H and O–H groups in total. The lowest BCUT2D eigenvalue weighted by molar-refractivity contribution is -0.152. The molecule has 1 aromatic heterocycles. The van der Waals surface area contributed by atoms with E-state index >= 15 is 0 Å². The highest BCUT2D eigenvalue weighted by Crippen LogP contribution is 2.45. The van der Waals surface area contributed by atoms with Crippen LogP contribution in [0, 0.1) is 11.3 Å². The third-order valence-corrected chi connectivity index (χ3v) is 5.49. The van der Waals surface area contributed by atoms with Crippen LogP contribution in [0.5, 0.6) is 0 Å². The second kappa shape index (κ2) is 5.87. The number of likely N-dealkylation sites (tertiary alicyclic amines) is 1. The van der Waals surface area contributed by atoms with Crippen LogP contribution in [0.25, 0.3) is 0 Å². The second-order valence-corrected chi connectivity index (χ2v) is 7.21. The average Bonchev–Trinajstić information content (AvgIpc) is 3.19. The van der Waals surface area contributed by atoms with Crippen molar-refractivity contribution in [1.29, 1.82) is 0 Å². The fourth-order valence-electron chi connectivity index (χ4n) is 3.26. The maximum absolute atomic E-state index is 12.6. The lowest BCUT2D eigenvalue weighted by Crippen LogP contribution is -2.50. The van der Waals surface area contributed by atoms with Gasteiger partial charge in [0.05, 0.1) is 5.41 Å². The molecule has 2 heterocycles. The highest BCUT2D eigenvalue weighted by molar-refractivity contribution is 7.13. The van der Waals surface area contributed by atoms with Gasteiger partial charge < -0.3 is 15.3 Å². The van der Waals surface area contributed by atoms with Crippen LogP contribution in [-0.2, 0) is 4.79 Å². The summed E-state index contributed by atoms with van der Waals surface area (Å²) in [5.74, 6) is -0.383. The minimum atomic E-state index is -0.767. The standard InChI is InChI=1S/C15H21N3O3S/c1-16-14-17-11(8-22-14)12(19)18-6-2-5-15(9-18,13(20)21)7-10-3-4-10/h8,10H,2-7,9H2,1H3,(H,16,17)(H,20,21). The molecule has 0 bridgehead atoms. The van der Waals surface area contributed by atoms with Gasteiger partial charge in [-0.1, -0.05) is 12.8 Å². The number of aromatic nitrogens is 1. The van der Waals surface area contributed by atoms with Crippen molar-refractivity contribution < 1.29 is 14.7 Å². The van der Waals surface area contributed by atoms with Crippen LogP contribution >= 0.6 is 11.3 Å². The number of piperidine rings is 1. The number of thiazole rings is 1. The molecule has 120 valence electrons. The minimum Gasteiger partial charge on any atom is -0.481 e. The van der Waals surface area contributed by atoms with E-state index in [0.717, 1.165) is 19.3 Å². The maximum atomic E-state index is 12.6. The molecule has 1 atom stereocenters. The fraction of sp³-hybridized carbons (Fsp3) is 0.667. The van der Waals surface area contributed by atoms with E-state index in [1.165, 1.54) is 11.3 Å². The first-order chi connectivity index (χ1) is 10.5. The molecule has 0 aromatic carbocycles. The predicted molar refractivity (Wildman–Crippen MR) is 84.2 cm³/mol. The van der Waals surface area contributed by atoms with Gasteiger partial charge in [-0.05, 0) is 25.2 Å². The van der Waals surface area contributed by atoms with E-state index in [1.807, 2.05) is 0 Å². The van der Waals surface area contributed by atoms with Gasteiger partial charge in [0.15, 0.2) is 5.13 Å². The van der Waals surface area contributed by atoms with E-state index in [9.17, 15) is 14.7 Å². The Balaban J connectivity index is 1.75. The lowest BCUT2D eigenvalue weighted by atomic mass is 9.75. The van der Waals surface area contributed by atoms with Crippen LogP contribution in [0.4, 0.5) is 5.13 Å². The molecule has 1 unspecified atom stereocenters. The van der Waals surface area contributed by atoms with Crippen molar-refractivity contribution >= 4 is 28.3 Å². The molecule has 2 fully saturated rings. The Morgan fingerprint density at radius 3 is 2.91 bits per heavy atom. The van der Waals surface area contributed by atoms with Gasteiger partial charge in [0.1, 0.15) is 5.69 Å². The highest BCUT2D eigenvalue weighted by atomic mass is 32.1. The van der Waals surface area contributed by atoms with Crippen LogP contribution in [0.3, 0.4) is 0 Å². The Kier molecular flexibility index (Phi) is 4.08. The smallest absolute Gasteiger partial charge is 0.311 e. The first kappa shape index (κ1) is 15.3. The maximum Gasteiger partial charge on any atom is 0.311 e. The fourth-order valence-corrected chi connectivity index (χ4v) is 3.90. The molecule has 2 aliphatic rings. The van der Waals surface area contributed by atoms with Crippen molar-refractivity contribution in [2.45, 2.75) is 32.1 Å². The van der Waals surface area contributed by atoms with Crippen LogP contribution < -0.4 is 5.32 Å². The molecule has 0 radical (unpaired) electrons. The predicted octanol–water partition coefficient (Wildman–Crippen LogP) is 2.29. The van der Waals surface area contributed by atoms with Gasteiger partial charge in [-0.3, -0.25) is 9.59 Å². The third kappa shape index (κ3) is 2.95. The van der Waals surface area contributed by atoms with Crippen LogP contribution in [0.2, 0.25) is 0 Å². The van der Waals surface area contributed by atoms with Crippen molar-refractivity contribution in [3.05, 3.63) is 11.1 Å². The number of carbonyl (C=O) groups excluding carboxylic acids is 1. The molecule has 7 heteroatoms. The number of anilines is 1. The first-order valence-corrected chi connectivity index (χ1v) is 8.58. The number of hydrogen-bond donors (Lipinski definition) is 2. The molecule has 0 spiro atoms. The van der Waals surface area contributed by atoms with E-state index in [4.69, 9.17) is 0 Å². The van der Waals surface area contributed by atoms with Crippen molar-refractivity contribution in [1.82, 2.24) is 9.88 Å². The van der Waals surface area contributed by atoms with E-state index in [2.05, 4.69) is 10.3 Å². The Labute approximate surface area is 133 Å². The minimum absolute atomic E-state index is 0.154. The number of nitrogens with zero attached hydrogens (tertiary/aromatic N) is 2. The van der Waals surface area contributed by atoms with E-state index in [0.29, 0.717) is 42.7 Å². The second-order valence-electron chi connectivity index (χ2n) is 6.35. The zero-order valence-electron chi connectivity index (χ0n) is 12.7. The Bertz CT molecular complexity index is 584. The van der Waals surface area contributed by atoms with Crippen molar-refractivity contribution in [3.8, 4) is 0 Å². The lowest BCUT2D eigenvalue weighted by Gasteiger charge is -2.40. The summed E-state index contributed by atoms with van der Waals surface area (Å²) in [5.41, 5.74) is -0.362. The van der Waals surface area contributed by atoms with Gasteiger partial charge in [0.25, 0.3) is 5.91 Å². The summed E-state index contributed by atoms with van der Waals surface area (Å²) in [6.07, 6.45) is 4.36. The summed E-state index contributed by atoms with van der Waals surface area (Å²) in [5, 5.41) is 15.1. The summed E-state index contributed by atoms with van der Waals surface area (Å²) >= 11 is 1.38. The summed E-state index contributed by atoms with van der Waals surface area (Å²) in [6, 6.07) is 0. The number of amides is 1. The molecule has 22 heavy (non-hydrogen) atoms. The monoisotopic (exact) mass is 323 g/mol. The molecule has 1 saturated heterocycles. The van der Waals surface area contributed by atoms with Gasteiger partial charge in [0.2, 0.25) is 0 Å². The number of rotatable bonds is 5. The number of carboxylic acid groups (broad SMARTS) is 1. The number of hydrogen-bond acceptors (Lipinski definition) is 5. The van der Waals surface area contributed by atoms with Crippen LogP contribution in [0.1, 0.15) is 42.6 Å². The van der Waals surface area contributed by atoms with Crippen LogP contribution in [0.15, 0.2) is 5.38 Å². The summed E-state index contributed by atoms with van der Waals surface area (Å²) < 4.78 is 0. The molecule has 1 aromatic rings. The zero-order chi connectivity index (χ0) is 15.7. The quantitative estimate of drug-likeness (QED) is 0.869.